The Morgan fingerprint density at radius 3 is 2.39 bits per heavy atom. The molecule has 3 amide bonds. The number of rotatable bonds is 7. The summed E-state index contributed by atoms with van der Waals surface area (Å²) >= 11 is 0. The highest BCUT2D eigenvalue weighted by Gasteiger charge is 2.51. The summed E-state index contributed by atoms with van der Waals surface area (Å²) in [5.41, 5.74) is 1.75. The second-order valence-electron chi connectivity index (χ2n) is 9.93. The van der Waals surface area contributed by atoms with Gasteiger partial charge in [0.25, 0.3) is 5.91 Å². The van der Waals surface area contributed by atoms with Gasteiger partial charge in [-0.25, -0.2) is 4.79 Å². The van der Waals surface area contributed by atoms with Crippen LogP contribution in [0.1, 0.15) is 60.5 Å². The molecule has 1 aliphatic heterocycles. The molecule has 38 heavy (non-hydrogen) atoms. The Bertz CT molecular complexity index is 1220. The topological polar surface area (TPSA) is 99.2 Å². The molecule has 0 bridgehead atoms. The lowest BCUT2D eigenvalue weighted by Crippen LogP contribution is -2.54. The van der Waals surface area contributed by atoms with E-state index in [0.717, 1.165) is 49.8 Å². The van der Waals surface area contributed by atoms with Crippen LogP contribution in [0.15, 0.2) is 48.5 Å². The average molecular weight is 532 g/mol. The molecule has 2 aromatic rings. The van der Waals surface area contributed by atoms with Crippen LogP contribution in [-0.2, 0) is 4.79 Å². The Hall–Kier alpha value is -3.76. The van der Waals surface area contributed by atoms with Gasteiger partial charge in [0.15, 0.2) is 0 Å². The number of carbonyl (C=O) groups excluding carboxylic acids is 2. The molecule has 2 aliphatic carbocycles. The van der Waals surface area contributed by atoms with Crippen molar-refractivity contribution in [2.24, 2.45) is 5.92 Å². The third-order valence-electron chi connectivity index (χ3n) is 7.43. The van der Waals surface area contributed by atoms with Crippen molar-refractivity contribution in [3.05, 3.63) is 59.7 Å². The summed E-state index contributed by atoms with van der Waals surface area (Å²) in [5.74, 6) is -1.75. The molecule has 3 atom stereocenters. The molecule has 0 saturated heterocycles. The fourth-order valence-electron chi connectivity index (χ4n) is 5.82. The molecule has 202 valence electrons. The molecular formula is C27H28F3N3O5. The summed E-state index contributed by atoms with van der Waals surface area (Å²) in [7, 11) is 0. The lowest BCUT2D eigenvalue weighted by molar-refractivity contribution is -0.274. The Morgan fingerprint density at radius 1 is 1.03 bits per heavy atom. The maximum Gasteiger partial charge on any atom is 0.573 e. The Labute approximate surface area is 217 Å². The van der Waals surface area contributed by atoms with E-state index in [1.807, 2.05) is 29.2 Å². The van der Waals surface area contributed by atoms with Crippen LogP contribution in [0.5, 0.6) is 5.75 Å². The van der Waals surface area contributed by atoms with Crippen LogP contribution in [0.2, 0.25) is 0 Å². The number of benzene rings is 2. The van der Waals surface area contributed by atoms with Gasteiger partial charge in [-0.3, -0.25) is 9.59 Å². The van der Waals surface area contributed by atoms with Crippen LogP contribution in [-0.4, -0.2) is 52.9 Å². The number of anilines is 1. The largest absolute Gasteiger partial charge is 0.573 e. The maximum absolute atomic E-state index is 13.8. The van der Waals surface area contributed by atoms with Crippen molar-refractivity contribution < 1.29 is 37.4 Å². The van der Waals surface area contributed by atoms with Gasteiger partial charge in [0.1, 0.15) is 5.75 Å². The van der Waals surface area contributed by atoms with Gasteiger partial charge in [-0.2, -0.15) is 0 Å². The first kappa shape index (κ1) is 25.9. The average Bonchev–Trinajstić information content (AvgIpc) is 3.58. The fraction of sp³-hybridized carbons (Fsp3) is 0.444. The third kappa shape index (κ3) is 5.27. The summed E-state index contributed by atoms with van der Waals surface area (Å²) < 4.78 is 41.7. The quantitative estimate of drug-likeness (QED) is 0.518. The molecule has 2 saturated carbocycles. The van der Waals surface area contributed by atoms with Crippen LogP contribution in [0.3, 0.4) is 0 Å². The van der Waals surface area contributed by atoms with E-state index in [4.69, 9.17) is 5.11 Å². The first-order valence-corrected chi connectivity index (χ1v) is 12.7. The van der Waals surface area contributed by atoms with Crippen LogP contribution in [0.4, 0.5) is 23.7 Å². The molecule has 3 aliphatic rings. The van der Waals surface area contributed by atoms with E-state index in [1.54, 1.807) is 4.90 Å². The van der Waals surface area contributed by atoms with Crippen LogP contribution in [0, 0.1) is 5.92 Å². The molecule has 0 radical (unpaired) electrons. The lowest BCUT2D eigenvalue weighted by atomic mass is 9.81. The highest BCUT2D eigenvalue weighted by Crippen LogP contribution is 2.52. The maximum atomic E-state index is 13.8. The summed E-state index contributed by atoms with van der Waals surface area (Å²) in [4.78, 5) is 41.6. The van der Waals surface area contributed by atoms with Gasteiger partial charge in [-0.05, 0) is 61.6 Å². The van der Waals surface area contributed by atoms with E-state index in [-0.39, 0.29) is 54.5 Å². The number of carboxylic acids is 1. The summed E-state index contributed by atoms with van der Waals surface area (Å²) in [5, 5.41) is 11.7. The number of halogens is 3. The number of urea groups is 1. The zero-order chi connectivity index (χ0) is 27.0. The molecule has 0 unspecified atom stereocenters. The first-order valence-electron chi connectivity index (χ1n) is 12.7. The summed E-state index contributed by atoms with van der Waals surface area (Å²) in [6.07, 6.45) is -0.883. The normalized spacial score (nSPS) is 22.3. The standard InChI is InChI=1S/C27H28F3N3O5/c28-27(29,30)38-18-12-8-16(9-13-18)25(36)33-21-6-2-1-4-19(21)24(20-5-3-7-22(20)33)32(17-10-11-17)26(37)31-15-14-23(34)35/h1-2,4,6,8-9,12-13,17,20,22,24H,3,5,7,10-11,14-15H2,(H,31,37)(H,34,35)/t20-,22+,24-/m0/s1. The number of nitrogens with zero attached hydrogens (tertiary/aromatic N) is 2. The van der Waals surface area contributed by atoms with Crippen LogP contribution >= 0.6 is 0 Å². The number of hydrogen-bond donors (Lipinski definition) is 2. The van der Waals surface area contributed by atoms with Crippen molar-refractivity contribution in [1.82, 2.24) is 10.2 Å². The van der Waals surface area contributed by atoms with E-state index in [1.165, 1.54) is 12.1 Å². The van der Waals surface area contributed by atoms with E-state index in [9.17, 15) is 27.6 Å². The van der Waals surface area contributed by atoms with Gasteiger partial charge in [0.2, 0.25) is 0 Å². The Balaban J connectivity index is 1.47. The highest BCUT2D eigenvalue weighted by molar-refractivity contribution is 6.07. The minimum absolute atomic E-state index is 0.0263. The minimum Gasteiger partial charge on any atom is -0.481 e. The first-order chi connectivity index (χ1) is 18.1. The highest BCUT2D eigenvalue weighted by atomic mass is 19.4. The molecule has 0 spiro atoms. The second-order valence-corrected chi connectivity index (χ2v) is 9.93. The smallest absolute Gasteiger partial charge is 0.481 e. The third-order valence-corrected chi connectivity index (χ3v) is 7.43. The molecule has 2 aromatic carbocycles. The van der Waals surface area contributed by atoms with Crippen LogP contribution < -0.4 is 15.0 Å². The number of fused-ring (bicyclic) bond motifs is 2. The van der Waals surface area contributed by atoms with Crippen molar-refractivity contribution in [2.45, 2.75) is 63.0 Å². The molecule has 2 N–H and O–H groups in total. The lowest BCUT2D eigenvalue weighted by Gasteiger charge is -2.47. The van der Waals surface area contributed by atoms with Gasteiger partial charge in [-0.15, -0.1) is 13.2 Å². The fourth-order valence-corrected chi connectivity index (χ4v) is 5.82. The van der Waals surface area contributed by atoms with Crippen molar-refractivity contribution in [3.8, 4) is 5.75 Å². The SMILES string of the molecule is O=C(O)CCNC(=O)N(C1CC1)[C@H]1c2ccccc2N(C(=O)c2ccc(OC(F)(F)F)cc2)[C@@H]2CCC[C@@H]21. The predicted octanol–water partition coefficient (Wildman–Crippen LogP) is 5.10. The predicted molar refractivity (Wildman–Crippen MR) is 131 cm³/mol. The van der Waals surface area contributed by atoms with Crippen LogP contribution in [0.25, 0.3) is 0 Å². The molecule has 2 fully saturated rings. The number of para-hydroxylation sites is 1. The number of nitrogens with one attached hydrogen (secondary N) is 1. The summed E-state index contributed by atoms with van der Waals surface area (Å²) in [6.45, 7) is 0.0263. The Morgan fingerprint density at radius 2 is 1.74 bits per heavy atom. The molecule has 8 nitrogen and oxygen atoms in total. The van der Waals surface area contributed by atoms with E-state index in [2.05, 4.69) is 10.1 Å². The van der Waals surface area contributed by atoms with Crippen molar-refractivity contribution in [1.29, 1.82) is 0 Å². The van der Waals surface area contributed by atoms with E-state index < -0.39 is 18.1 Å². The monoisotopic (exact) mass is 531 g/mol. The van der Waals surface area contributed by atoms with Crippen molar-refractivity contribution >= 4 is 23.6 Å². The number of amides is 3. The molecule has 1 heterocycles. The summed E-state index contributed by atoms with van der Waals surface area (Å²) in [6, 6.07) is 11.6. The molecule has 0 aromatic heterocycles. The molecular weight excluding hydrogens is 503 g/mol. The van der Waals surface area contributed by atoms with Crippen molar-refractivity contribution in [3.63, 3.8) is 0 Å². The number of alkyl halides is 3. The molecule has 11 heteroatoms. The van der Waals surface area contributed by atoms with E-state index >= 15 is 0 Å². The number of carboxylic acid groups (broad SMARTS) is 1. The zero-order valence-electron chi connectivity index (χ0n) is 20.5. The zero-order valence-corrected chi connectivity index (χ0v) is 20.5. The van der Waals surface area contributed by atoms with Gasteiger partial charge in [0.05, 0.1) is 12.5 Å². The van der Waals surface area contributed by atoms with Gasteiger partial charge >= 0.3 is 18.4 Å². The number of carbonyl (C=O) groups is 3. The number of aliphatic carboxylic acids is 1. The number of ether oxygens (including phenoxy) is 1. The van der Waals surface area contributed by atoms with Gasteiger partial charge in [-0.1, -0.05) is 24.6 Å². The Kier molecular flexibility index (Phi) is 6.93. The van der Waals surface area contributed by atoms with Gasteiger partial charge in [0, 0.05) is 35.8 Å². The second kappa shape index (κ2) is 10.2. The number of hydrogen-bond acceptors (Lipinski definition) is 4. The van der Waals surface area contributed by atoms with Gasteiger partial charge < -0.3 is 25.0 Å². The molecule has 5 rings (SSSR count). The van der Waals surface area contributed by atoms with E-state index in [0.29, 0.717) is 5.69 Å². The van der Waals surface area contributed by atoms with Crippen molar-refractivity contribution in [2.75, 3.05) is 11.4 Å². The minimum atomic E-state index is -4.82.